The van der Waals surface area contributed by atoms with Crippen molar-refractivity contribution >= 4 is 40.1 Å². The van der Waals surface area contributed by atoms with Gasteiger partial charge in [0.05, 0.1) is 10.7 Å². The Labute approximate surface area is 243 Å². The van der Waals surface area contributed by atoms with Gasteiger partial charge in [-0.3, -0.25) is 9.59 Å². The Morgan fingerprint density at radius 1 is 1.00 bits per heavy atom. The van der Waals surface area contributed by atoms with Crippen LogP contribution >= 0.6 is 22.6 Å². The van der Waals surface area contributed by atoms with Crippen LogP contribution in [0.15, 0.2) is 34.7 Å². The Morgan fingerprint density at radius 2 is 1.56 bits per heavy atom. The minimum Gasteiger partial charge on any atom is -0.493 e. The molecule has 1 aliphatic heterocycles. The van der Waals surface area contributed by atoms with E-state index in [2.05, 4.69) is 55.2 Å². The van der Waals surface area contributed by atoms with Gasteiger partial charge >= 0.3 is 5.97 Å². The Bertz CT molecular complexity index is 1210. The SMILES string of the molecule is COCCCN1C2=C(C(=O)CC(C)(C)C2)C(c2cc(I)c(OCC(=O)O)c(OC)c2)C2=C1CC(C)(C)CC2=O. The number of methoxy groups -OCH3 is 2. The molecule has 1 aromatic carbocycles. The highest BCUT2D eigenvalue weighted by Crippen LogP contribution is 2.55. The molecule has 212 valence electrons. The Kier molecular flexibility index (Phi) is 8.52. The minimum atomic E-state index is -1.09. The van der Waals surface area contributed by atoms with Gasteiger partial charge in [0.15, 0.2) is 29.7 Å². The summed E-state index contributed by atoms with van der Waals surface area (Å²) in [6.07, 6.45) is 3.06. The first-order valence-electron chi connectivity index (χ1n) is 13.3. The largest absolute Gasteiger partial charge is 0.493 e. The third kappa shape index (κ3) is 6.04. The molecule has 0 amide bonds. The molecule has 0 radical (unpaired) electrons. The van der Waals surface area contributed by atoms with Crippen molar-refractivity contribution in [2.24, 2.45) is 10.8 Å². The number of carboxylic acids is 1. The van der Waals surface area contributed by atoms with Crippen LogP contribution < -0.4 is 9.47 Å². The van der Waals surface area contributed by atoms with Crippen LogP contribution in [-0.2, 0) is 19.1 Å². The highest BCUT2D eigenvalue weighted by molar-refractivity contribution is 14.1. The van der Waals surface area contributed by atoms with E-state index in [1.165, 1.54) is 7.11 Å². The lowest BCUT2D eigenvalue weighted by Crippen LogP contribution is -2.44. The maximum absolute atomic E-state index is 13.9. The maximum atomic E-state index is 13.9. The average Bonchev–Trinajstić information content (AvgIpc) is 2.81. The summed E-state index contributed by atoms with van der Waals surface area (Å²) < 4.78 is 17.2. The fraction of sp³-hybridized carbons (Fsp3) is 0.567. The van der Waals surface area contributed by atoms with E-state index in [1.807, 2.05) is 6.07 Å². The van der Waals surface area contributed by atoms with E-state index < -0.39 is 18.5 Å². The molecule has 0 fully saturated rings. The fourth-order valence-electron chi connectivity index (χ4n) is 6.20. The van der Waals surface area contributed by atoms with Gasteiger partial charge in [0.25, 0.3) is 0 Å². The van der Waals surface area contributed by atoms with Gasteiger partial charge in [0.1, 0.15) is 0 Å². The maximum Gasteiger partial charge on any atom is 0.341 e. The number of nitrogens with zero attached hydrogens (tertiary/aromatic N) is 1. The summed E-state index contributed by atoms with van der Waals surface area (Å²) in [5.41, 5.74) is 3.76. The number of ketones is 2. The molecule has 0 atom stereocenters. The third-order valence-corrected chi connectivity index (χ3v) is 8.48. The van der Waals surface area contributed by atoms with Crippen molar-refractivity contribution in [3.05, 3.63) is 43.8 Å². The molecule has 1 heterocycles. The lowest BCUT2D eigenvalue weighted by atomic mass is 9.63. The highest BCUT2D eigenvalue weighted by Gasteiger charge is 2.49. The molecule has 39 heavy (non-hydrogen) atoms. The van der Waals surface area contributed by atoms with Gasteiger partial charge < -0.3 is 24.2 Å². The smallest absolute Gasteiger partial charge is 0.341 e. The average molecular weight is 652 g/mol. The van der Waals surface area contributed by atoms with E-state index >= 15 is 0 Å². The zero-order chi connectivity index (χ0) is 28.7. The van der Waals surface area contributed by atoms with E-state index in [1.54, 1.807) is 13.2 Å². The number of Topliss-reactive ketones (excluding diaryl/α,β-unsaturated/α-hetero) is 2. The second-order valence-electron chi connectivity index (χ2n) is 12.3. The second-order valence-corrected chi connectivity index (χ2v) is 13.4. The summed E-state index contributed by atoms with van der Waals surface area (Å²) in [4.78, 5) is 41.3. The number of halogens is 1. The molecule has 2 aliphatic carbocycles. The van der Waals surface area contributed by atoms with E-state index in [0.717, 1.165) is 36.2 Å². The molecular weight excluding hydrogens is 613 g/mol. The van der Waals surface area contributed by atoms with Gasteiger partial charge in [-0.15, -0.1) is 0 Å². The van der Waals surface area contributed by atoms with Gasteiger partial charge in [0.2, 0.25) is 0 Å². The zero-order valence-electron chi connectivity index (χ0n) is 23.6. The summed E-state index contributed by atoms with van der Waals surface area (Å²) in [7, 11) is 3.18. The Balaban J connectivity index is 1.95. The molecule has 0 bridgehead atoms. The predicted octanol–water partition coefficient (Wildman–Crippen LogP) is 5.49. The minimum absolute atomic E-state index is 0.0624. The third-order valence-electron chi connectivity index (χ3n) is 7.68. The van der Waals surface area contributed by atoms with Crippen LogP contribution in [-0.4, -0.2) is 61.5 Å². The van der Waals surface area contributed by atoms with Crippen molar-refractivity contribution in [2.75, 3.05) is 34.0 Å². The Hall–Kier alpha value is -2.40. The topological polar surface area (TPSA) is 102 Å². The van der Waals surface area contributed by atoms with Gasteiger partial charge in [0, 0.05) is 61.6 Å². The number of carboxylic acid groups (broad SMARTS) is 1. The molecule has 0 aromatic heterocycles. The Morgan fingerprint density at radius 3 is 2.05 bits per heavy atom. The summed E-state index contributed by atoms with van der Waals surface area (Å²) in [6, 6.07) is 3.68. The number of carbonyl (C=O) groups excluding carboxylic acids is 2. The van der Waals surface area contributed by atoms with E-state index in [0.29, 0.717) is 52.2 Å². The lowest BCUT2D eigenvalue weighted by molar-refractivity contribution is -0.139. The predicted molar refractivity (Wildman–Crippen MR) is 155 cm³/mol. The van der Waals surface area contributed by atoms with Crippen molar-refractivity contribution in [3.8, 4) is 11.5 Å². The molecular formula is C30H38INO7. The van der Waals surface area contributed by atoms with E-state index in [-0.39, 0.29) is 22.4 Å². The van der Waals surface area contributed by atoms with Crippen LogP contribution in [0, 0.1) is 14.4 Å². The van der Waals surface area contributed by atoms with Crippen LogP contribution in [0.3, 0.4) is 0 Å². The molecule has 0 saturated heterocycles. The summed E-state index contributed by atoms with van der Waals surface area (Å²) in [5, 5.41) is 9.12. The number of aliphatic carboxylic acids is 1. The summed E-state index contributed by atoms with van der Waals surface area (Å²) in [5.74, 6) is -0.779. The number of benzene rings is 1. The van der Waals surface area contributed by atoms with Crippen LogP contribution in [0.1, 0.15) is 71.3 Å². The first kappa shape index (κ1) is 29.6. The first-order chi connectivity index (χ1) is 18.3. The number of carbonyl (C=O) groups is 3. The van der Waals surface area contributed by atoms with Gasteiger partial charge in [-0.1, -0.05) is 27.7 Å². The van der Waals surface area contributed by atoms with Gasteiger partial charge in [-0.25, -0.2) is 4.79 Å². The zero-order valence-corrected chi connectivity index (χ0v) is 25.8. The second kappa shape index (κ2) is 11.2. The highest BCUT2D eigenvalue weighted by atomic mass is 127. The van der Waals surface area contributed by atoms with Crippen molar-refractivity contribution in [1.29, 1.82) is 0 Å². The molecule has 9 heteroatoms. The summed E-state index contributed by atoms with van der Waals surface area (Å²) in [6.45, 7) is 9.25. The normalized spacial score (nSPS) is 20.6. The fourth-order valence-corrected chi connectivity index (χ4v) is 6.98. The van der Waals surface area contributed by atoms with Crippen LogP contribution in [0.5, 0.6) is 11.5 Å². The molecule has 0 unspecified atom stereocenters. The molecule has 1 aromatic rings. The van der Waals surface area contributed by atoms with Crippen LogP contribution in [0.2, 0.25) is 0 Å². The molecule has 4 rings (SSSR count). The van der Waals surface area contributed by atoms with Crippen molar-refractivity contribution in [2.45, 2.75) is 65.7 Å². The standard InChI is InChI=1S/C30H38INO7/c1-29(2)12-19-26(21(33)14-29)25(17-10-18(31)28(23(11-17)38-6)39-16-24(35)36)27-20(32(19)8-7-9-37-5)13-30(3,4)15-22(27)34/h10-11,25H,7-9,12-16H2,1-6H3,(H,35,36). The van der Waals surface area contributed by atoms with Crippen molar-refractivity contribution in [1.82, 2.24) is 4.90 Å². The number of rotatable bonds is 9. The molecule has 1 N–H and O–H groups in total. The number of hydrogen-bond donors (Lipinski definition) is 1. The monoisotopic (exact) mass is 651 g/mol. The first-order valence-corrected chi connectivity index (χ1v) is 14.4. The van der Waals surface area contributed by atoms with E-state index in [9.17, 15) is 14.4 Å². The lowest BCUT2D eigenvalue weighted by Gasteiger charge is -2.49. The number of hydrogen-bond acceptors (Lipinski definition) is 7. The van der Waals surface area contributed by atoms with Crippen LogP contribution in [0.4, 0.5) is 0 Å². The molecule has 8 nitrogen and oxygen atoms in total. The van der Waals surface area contributed by atoms with Gasteiger partial charge in [-0.05, 0) is 70.4 Å². The van der Waals surface area contributed by atoms with Crippen LogP contribution in [0.25, 0.3) is 0 Å². The molecule has 0 saturated carbocycles. The number of allylic oxidation sites excluding steroid dienone is 4. The quantitative estimate of drug-likeness (QED) is 0.277. The number of ether oxygens (including phenoxy) is 3. The molecule has 0 spiro atoms. The van der Waals surface area contributed by atoms with Crippen molar-refractivity contribution in [3.63, 3.8) is 0 Å². The summed E-state index contributed by atoms with van der Waals surface area (Å²) >= 11 is 2.10. The van der Waals surface area contributed by atoms with E-state index in [4.69, 9.17) is 19.3 Å². The molecule has 3 aliphatic rings. The van der Waals surface area contributed by atoms with Gasteiger partial charge in [-0.2, -0.15) is 0 Å². The van der Waals surface area contributed by atoms with Crippen molar-refractivity contribution < 1.29 is 33.7 Å².